The minimum absolute atomic E-state index is 0. The van der Waals surface area contributed by atoms with Gasteiger partial charge in [0.25, 0.3) is 0 Å². The van der Waals surface area contributed by atoms with Gasteiger partial charge in [-0.05, 0) is 32.5 Å². The Morgan fingerprint density at radius 1 is 1.35 bits per heavy atom. The molecule has 1 saturated heterocycles. The molecule has 1 amide bonds. The molecular formula is C12H20BF3KNO2. The Morgan fingerprint density at radius 2 is 1.95 bits per heavy atom. The topological polar surface area (TPSA) is 29.5 Å². The van der Waals surface area contributed by atoms with E-state index in [2.05, 4.69) is 0 Å². The van der Waals surface area contributed by atoms with Crippen LogP contribution >= 0.6 is 0 Å². The Labute approximate surface area is 160 Å². The Bertz CT molecular complexity index is 386. The summed E-state index contributed by atoms with van der Waals surface area (Å²) in [6, 6.07) is 0. The van der Waals surface area contributed by atoms with Gasteiger partial charge in [0, 0.05) is 13.1 Å². The summed E-state index contributed by atoms with van der Waals surface area (Å²) in [4.78, 5) is 13.2. The normalized spacial score (nSPS) is 29.9. The van der Waals surface area contributed by atoms with Crippen molar-refractivity contribution >= 4 is 13.1 Å². The zero-order valence-corrected chi connectivity index (χ0v) is 15.7. The predicted octanol–water partition coefficient (Wildman–Crippen LogP) is 0.629. The smallest absolute Gasteiger partial charge is 0.448 e. The van der Waals surface area contributed by atoms with Gasteiger partial charge in [-0.1, -0.05) is 18.8 Å². The molecule has 3 nitrogen and oxygen atoms in total. The Balaban J connectivity index is 0.00000200. The van der Waals surface area contributed by atoms with Crippen molar-refractivity contribution in [2.75, 3.05) is 13.1 Å². The molecule has 1 saturated carbocycles. The summed E-state index contributed by atoms with van der Waals surface area (Å²) in [5, 5.41) is -1.62. The molecule has 8 heteroatoms. The third-order valence-electron chi connectivity index (χ3n) is 4.05. The summed E-state index contributed by atoms with van der Waals surface area (Å²) in [6.07, 6.45) is 0.730. The molecule has 0 aromatic rings. The van der Waals surface area contributed by atoms with E-state index in [-0.39, 0.29) is 70.3 Å². The van der Waals surface area contributed by atoms with Crippen LogP contribution in [0.5, 0.6) is 0 Å². The number of likely N-dealkylation sites (tertiary alicyclic amines) is 1. The summed E-state index contributed by atoms with van der Waals surface area (Å²) in [6.45, 7) is 0.368. The van der Waals surface area contributed by atoms with Crippen molar-refractivity contribution in [3.63, 3.8) is 0 Å². The molecule has 0 aromatic heterocycles. The van der Waals surface area contributed by atoms with E-state index in [4.69, 9.17) is 4.74 Å². The summed E-state index contributed by atoms with van der Waals surface area (Å²) in [5.74, 6) is -0.292. The van der Waals surface area contributed by atoms with Crippen LogP contribution in [0.15, 0.2) is 0 Å². The summed E-state index contributed by atoms with van der Waals surface area (Å²) < 4.78 is 44.8. The van der Waals surface area contributed by atoms with Crippen LogP contribution in [0.25, 0.3) is 0 Å². The standard InChI is InChI=1S/C12H20BF3NO2.K/c1-11(2,3)19-10(18)17-6-4-5-9-7-12(9,8-17)13(14,15)16;/h9H,4-8H2,1-3H3;/q-1;+1. The fraction of sp³-hybridized carbons (Fsp3) is 0.917. The first-order chi connectivity index (χ1) is 8.55. The van der Waals surface area contributed by atoms with E-state index in [9.17, 15) is 17.7 Å². The van der Waals surface area contributed by atoms with Crippen LogP contribution in [0.1, 0.15) is 40.0 Å². The molecule has 2 fully saturated rings. The molecule has 1 aliphatic heterocycles. The number of ether oxygens (including phenoxy) is 1. The molecule has 2 aliphatic rings. The molecular weight excluding hydrogens is 297 g/mol. The van der Waals surface area contributed by atoms with Crippen molar-refractivity contribution in [3.8, 4) is 0 Å². The molecule has 0 radical (unpaired) electrons. The van der Waals surface area contributed by atoms with E-state index in [0.717, 1.165) is 0 Å². The summed E-state index contributed by atoms with van der Waals surface area (Å²) >= 11 is 0. The van der Waals surface area contributed by atoms with E-state index < -0.39 is 24.0 Å². The monoisotopic (exact) mass is 317 g/mol. The molecule has 2 unspecified atom stereocenters. The fourth-order valence-corrected chi connectivity index (χ4v) is 2.93. The molecule has 1 aliphatic carbocycles. The summed E-state index contributed by atoms with van der Waals surface area (Å²) in [5.41, 5.74) is -0.678. The van der Waals surface area contributed by atoms with E-state index in [1.807, 2.05) is 0 Å². The molecule has 20 heavy (non-hydrogen) atoms. The van der Waals surface area contributed by atoms with Crippen LogP contribution in [0.2, 0.25) is 5.31 Å². The maximum atomic E-state index is 13.2. The Kier molecular flexibility index (Phi) is 5.74. The van der Waals surface area contributed by atoms with Crippen LogP contribution in [-0.4, -0.2) is 36.7 Å². The SMILES string of the molecule is CC(C)(C)OC(=O)N1CCCC2CC2([B-](F)(F)F)C1.[K+]. The van der Waals surface area contributed by atoms with Crippen LogP contribution in [-0.2, 0) is 4.74 Å². The van der Waals surface area contributed by atoms with Gasteiger partial charge in [0.05, 0.1) is 0 Å². The number of nitrogens with zero attached hydrogens (tertiary/aromatic N) is 1. The van der Waals surface area contributed by atoms with E-state index in [1.165, 1.54) is 4.90 Å². The number of amides is 1. The van der Waals surface area contributed by atoms with Crippen molar-refractivity contribution in [3.05, 3.63) is 0 Å². The van der Waals surface area contributed by atoms with Gasteiger partial charge in [0.1, 0.15) is 5.60 Å². The second-order valence-electron chi connectivity index (χ2n) is 6.75. The van der Waals surface area contributed by atoms with E-state index in [1.54, 1.807) is 20.8 Å². The maximum Gasteiger partial charge on any atom is 1.00 e. The van der Waals surface area contributed by atoms with Crippen molar-refractivity contribution in [2.45, 2.75) is 50.9 Å². The first kappa shape index (κ1) is 18.8. The Hall–Kier alpha value is 0.761. The first-order valence-electron chi connectivity index (χ1n) is 6.72. The third-order valence-corrected chi connectivity index (χ3v) is 4.05. The van der Waals surface area contributed by atoms with Crippen LogP contribution in [0.4, 0.5) is 17.7 Å². The molecule has 0 N–H and O–H groups in total. The molecule has 2 atom stereocenters. The van der Waals surface area contributed by atoms with E-state index in [0.29, 0.717) is 19.4 Å². The van der Waals surface area contributed by atoms with Crippen molar-refractivity contribution in [2.24, 2.45) is 5.92 Å². The number of halogens is 3. The maximum absolute atomic E-state index is 13.2. The third kappa shape index (κ3) is 3.94. The average molecular weight is 317 g/mol. The van der Waals surface area contributed by atoms with E-state index >= 15 is 0 Å². The number of hydrogen-bond acceptors (Lipinski definition) is 2. The predicted molar refractivity (Wildman–Crippen MR) is 66.9 cm³/mol. The zero-order valence-electron chi connectivity index (χ0n) is 12.6. The van der Waals surface area contributed by atoms with Gasteiger partial charge >= 0.3 is 64.5 Å². The second kappa shape index (κ2) is 6.10. The number of rotatable bonds is 1. The summed E-state index contributed by atoms with van der Waals surface area (Å²) in [7, 11) is 0. The quantitative estimate of drug-likeness (QED) is 0.664. The second-order valence-corrected chi connectivity index (χ2v) is 6.75. The molecule has 1 heterocycles. The van der Waals surface area contributed by atoms with Gasteiger partial charge < -0.3 is 22.6 Å². The van der Waals surface area contributed by atoms with Crippen molar-refractivity contribution < 1.29 is 73.9 Å². The molecule has 0 aromatic carbocycles. The molecule has 110 valence electrons. The van der Waals surface area contributed by atoms with Gasteiger partial charge in [-0.3, -0.25) is 0 Å². The largest absolute Gasteiger partial charge is 1.00 e. The molecule has 0 bridgehead atoms. The van der Waals surface area contributed by atoms with Crippen molar-refractivity contribution in [1.29, 1.82) is 0 Å². The number of fused-ring (bicyclic) bond motifs is 1. The minimum Gasteiger partial charge on any atom is -0.448 e. The van der Waals surface area contributed by atoms with Gasteiger partial charge in [-0.25, -0.2) is 4.79 Å². The zero-order chi connectivity index (χ0) is 14.5. The van der Waals surface area contributed by atoms with Crippen molar-refractivity contribution in [1.82, 2.24) is 4.90 Å². The van der Waals surface area contributed by atoms with Gasteiger partial charge in [0.15, 0.2) is 0 Å². The fourth-order valence-electron chi connectivity index (χ4n) is 2.93. The molecule has 2 rings (SSSR count). The number of carbonyl (C=O) groups excluding carboxylic acids is 1. The van der Waals surface area contributed by atoms with Crippen LogP contribution < -0.4 is 51.4 Å². The minimum atomic E-state index is -4.91. The van der Waals surface area contributed by atoms with Crippen LogP contribution in [0.3, 0.4) is 0 Å². The van der Waals surface area contributed by atoms with Crippen LogP contribution in [0, 0.1) is 5.92 Å². The Morgan fingerprint density at radius 3 is 2.45 bits per heavy atom. The van der Waals surface area contributed by atoms with Gasteiger partial charge in [-0.15, -0.1) is 0 Å². The van der Waals surface area contributed by atoms with Gasteiger partial charge in [-0.2, -0.15) is 0 Å². The first-order valence-corrected chi connectivity index (χ1v) is 6.72. The number of hydrogen-bond donors (Lipinski definition) is 0. The molecule has 0 spiro atoms. The number of carbonyl (C=O) groups is 1. The average Bonchev–Trinajstić information content (AvgIpc) is 2.85. The van der Waals surface area contributed by atoms with Gasteiger partial charge in [0.2, 0.25) is 0 Å².